The summed E-state index contributed by atoms with van der Waals surface area (Å²) in [6.45, 7) is 11.2. The first-order chi connectivity index (χ1) is 9.43. The highest BCUT2D eigenvalue weighted by Gasteiger charge is 2.46. The Balaban J connectivity index is 2.31. The predicted octanol–water partition coefficient (Wildman–Crippen LogP) is 2.73. The molecule has 0 aliphatic heterocycles. The third-order valence-corrected chi connectivity index (χ3v) is 4.30. The summed E-state index contributed by atoms with van der Waals surface area (Å²) in [6, 6.07) is 2.86. The molecule has 0 amide bonds. The minimum absolute atomic E-state index is 0.304. The summed E-state index contributed by atoms with van der Waals surface area (Å²) in [5.74, 6) is 0.462. The molecule has 4 heteroatoms. The van der Waals surface area contributed by atoms with Gasteiger partial charge in [-0.3, -0.25) is 10.00 Å². The van der Waals surface area contributed by atoms with Gasteiger partial charge in [-0.15, -0.1) is 0 Å². The molecule has 2 rings (SSSR count). The third-order valence-electron chi connectivity index (χ3n) is 4.30. The predicted molar refractivity (Wildman–Crippen MR) is 80.4 cm³/mol. The minimum Gasteiger partial charge on any atom is -0.295 e. The van der Waals surface area contributed by atoms with Gasteiger partial charge in [0.25, 0.3) is 0 Å². The number of aryl methyl sites for hydroxylation is 1. The van der Waals surface area contributed by atoms with Gasteiger partial charge in [0.15, 0.2) is 0 Å². The van der Waals surface area contributed by atoms with E-state index in [4.69, 9.17) is 0 Å². The molecular weight excluding hydrogens is 248 g/mol. The fraction of sp³-hybridized carbons (Fsp3) is 0.750. The van der Waals surface area contributed by atoms with Gasteiger partial charge in [0.1, 0.15) is 5.54 Å². The molecule has 1 aromatic rings. The van der Waals surface area contributed by atoms with E-state index >= 15 is 0 Å². The Kier molecular flexibility index (Phi) is 4.19. The van der Waals surface area contributed by atoms with E-state index in [2.05, 4.69) is 51.1 Å². The van der Waals surface area contributed by atoms with Crippen LogP contribution in [0.25, 0.3) is 0 Å². The molecule has 1 unspecified atom stereocenters. The molecule has 4 nitrogen and oxygen atoms in total. The van der Waals surface area contributed by atoms with Gasteiger partial charge in [0.05, 0.1) is 18.3 Å². The SMILES string of the molecule is CCc1c(C)nn(CC(C#N)(NC(C)C)C2CC2)c1C. The summed E-state index contributed by atoms with van der Waals surface area (Å²) >= 11 is 0. The molecule has 1 fully saturated rings. The molecular formula is C16H26N4. The molecule has 1 aliphatic rings. The van der Waals surface area contributed by atoms with Crippen LogP contribution >= 0.6 is 0 Å². The molecule has 0 saturated heterocycles. The zero-order chi connectivity index (χ0) is 14.9. The fourth-order valence-corrected chi connectivity index (χ4v) is 3.18. The number of nitriles is 1. The molecule has 1 heterocycles. The second-order valence-electron chi connectivity index (χ2n) is 6.32. The van der Waals surface area contributed by atoms with E-state index < -0.39 is 5.54 Å². The Morgan fingerprint density at radius 3 is 2.50 bits per heavy atom. The van der Waals surface area contributed by atoms with Crippen molar-refractivity contribution in [3.63, 3.8) is 0 Å². The van der Waals surface area contributed by atoms with Crippen molar-refractivity contribution in [2.75, 3.05) is 0 Å². The number of rotatable bonds is 6. The Morgan fingerprint density at radius 1 is 1.45 bits per heavy atom. The number of nitrogens with zero attached hydrogens (tertiary/aromatic N) is 3. The van der Waals surface area contributed by atoms with Crippen LogP contribution in [0.15, 0.2) is 0 Å². The molecule has 1 aliphatic carbocycles. The standard InChI is InChI=1S/C16H26N4/c1-6-15-12(4)19-20(13(15)5)10-16(9-17,14-7-8-14)18-11(2)3/h11,14,18H,6-8,10H2,1-5H3. The van der Waals surface area contributed by atoms with E-state index in [9.17, 15) is 5.26 Å². The van der Waals surface area contributed by atoms with Gasteiger partial charge < -0.3 is 0 Å². The van der Waals surface area contributed by atoms with Crippen molar-refractivity contribution >= 4 is 0 Å². The van der Waals surface area contributed by atoms with E-state index in [1.165, 1.54) is 11.3 Å². The summed E-state index contributed by atoms with van der Waals surface area (Å²) in [5, 5.41) is 17.9. The third kappa shape index (κ3) is 2.73. The van der Waals surface area contributed by atoms with E-state index in [1.54, 1.807) is 0 Å². The minimum atomic E-state index is -0.470. The summed E-state index contributed by atoms with van der Waals surface area (Å²) in [4.78, 5) is 0. The van der Waals surface area contributed by atoms with Crippen LogP contribution in [0.5, 0.6) is 0 Å². The Hall–Kier alpha value is -1.34. The van der Waals surface area contributed by atoms with Crippen molar-refractivity contribution in [1.82, 2.24) is 15.1 Å². The van der Waals surface area contributed by atoms with Crippen LogP contribution in [0.3, 0.4) is 0 Å². The van der Waals surface area contributed by atoms with Crippen LogP contribution in [-0.4, -0.2) is 21.4 Å². The number of hydrogen-bond donors (Lipinski definition) is 1. The highest BCUT2D eigenvalue weighted by molar-refractivity contribution is 5.25. The zero-order valence-corrected chi connectivity index (χ0v) is 13.3. The average Bonchev–Trinajstić information content (AvgIpc) is 3.18. The lowest BCUT2D eigenvalue weighted by molar-refractivity contribution is 0.281. The Morgan fingerprint density at radius 2 is 2.10 bits per heavy atom. The van der Waals surface area contributed by atoms with Gasteiger partial charge in [0, 0.05) is 11.7 Å². The smallest absolute Gasteiger partial charge is 0.129 e. The van der Waals surface area contributed by atoms with Gasteiger partial charge in [-0.25, -0.2) is 0 Å². The number of hydrogen-bond acceptors (Lipinski definition) is 3. The fourth-order valence-electron chi connectivity index (χ4n) is 3.18. The highest BCUT2D eigenvalue weighted by Crippen LogP contribution is 2.41. The van der Waals surface area contributed by atoms with Crippen molar-refractivity contribution in [3.8, 4) is 6.07 Å². The van der Waals surface area contributed by atoms with Crippen LogP contribution in [0, 0.1) is 31.1 Å². The summed E-state index contributed by atoms with van der Waals surface area (Å²) < 4.78 is 2.03. The Labute approximate surface area is 122 Å². The van der Waals surface area contributed by atoms with Crippen LogP contribution in [-0.2, 0) is 13.0 Å². The van der Waals surface area contributed by atoms with Gasteiger partial charge in [0.2, 0.25) is 0 Å². The van der Waals surface area contributed by atoms with Gasteiger partial charge in [-0.2, -0.15) is 10.4 Å². The first kappa shape index (κ1) is 15.1. The molecule has 0 bridgehead atoms. The first-order valence-electron chi connectivity index (χ1n) is 7.65. The quantitative estimate of drug-likeness (QED) is 0.868. The summed E-state index contributed by atoms with van der Waals surface area (Å²) in [6.07, 6.45) is 3.29. The van der Waals surface area contributed by atoms with Crippen LogP contribution in [0.1, 0.15) is 50.6 Å². The zero-order valence-electron chi connectivity index (χ0n) is 13.3. The maximum absolute atomic E-state index is 9.77. The second kappa shape index (κ2) is 5.57. The van der Waals surface area contributed by atoms with Crippen LogP contribution < -0.4 is 5.32 Å². The lowest BCUT2D eigenvalue weighted by Crippen LogP contribution is -2.52. The Bertz CT molecular complexity index is 519. The molecule has 0 spiro atoms. The van der Waals surface area contributed by atoms with Crippen molar-refractivity contribution in [2.45, 2.75) is 72.0 Å². The molecule has 0 aromatic carbocycles. The molecule has 0 radical (unpaired) electrons. The first-order valence-corrected chi connectivity index (χ1v) is 7.65. The molecule has 1 saturated carbocycles. The number of nitrogens with one attached hydrogen (secondary N) is 1. The molecule has 1 atom stereocenters. The molecule has 1 aromatic heterocycles. The average molecular weight is 274 g/mol. The maximum atomic E-state index is 9.77. The lowest BCUT2D eigenvalue weighted by atomic mass is 9.93. The van der Waals surface area contributed by atoms with Crippen LogP contribution in [0.2, 0.25) is 0 Å². The summed E-state index contributed by atoms with van der Waals surface area (Å²) in [7, 11) is 0. The summed E-state index contributed by atoms with van der Waals surface area (Å²) in [5.41, 5.74) is 3.15. The van der Waals surface area contributed by atoms with Gasteiger partial charge in [-0.1, -0.05) is 6.92 Å². The van der Waals surface area contributed by atoms with E-state index in [0.29, 0.717) is 18.5 Å². The van der Waals surface area contributed by atoms with E-state index in [-0.39, 0.29) is 0 Å². The molecule has 1 N–H and O–H groups in total. The lowest BCUT2D eigenvalue weighted by Gasteiger charge is -2.30. The normalized spacial score (nSPS) is 18.1. The van der Waals surface area contributed by atoms with Crippen molar-refractivity contribution in [3.05, 3.63) is 17.0 Å². The molecule has 110 valence electrons. The van der Waals surface area contributed by atoms with E-state index in [0.717, 1.165) is 25.0 Å². The second-order valence-corrected chi connectivity index (χ2v) is 6.32. The van der Waals surface area contributed by atoms with Crippen LogP contribution in [0.4, 0.5) is 0 Å². The van der Waals surface area contributed by atoms with Crippen molar-refractivity contribution < 1.29 is 0 Å². The van der Waals surface area contributed by atoms with Gasteiger partial charge >= 0.3 is 0 Å². The monoisotopic (exact) mass is 274 g/mol. The van der Waals surface area contributed by atoms with Crippen molar-refractivity contribution in [2.24, 2.45) is 5.92 Å². The number of aromatic nitrogens is 2. The maximum Gasteiger partial charge on any atom is 0.129 e. The van der Waals surface area contributed by atoms with E-state index in [1.807, 2.05) is 4.68 Å². The van der Waals surface area contributed by atoms with Gasteiger partial charge in [-0.05, 0) is 58.4 Å². The van der Waals surface area contributed by atoms with Crippen molar-refractivity contribution in [1.29, 1.82) is 5.26 Å². The largest absolute Gasteiger partial charge is 0.295 e. The molecule has 20 heavy (non-hydrogen) atoms. The highest BCUT2D eigenvalue weighted by atomic mass is 15.3. The topological polar surface area (TPSA) is 53.6 Å².